The van der Waals surface area contributed by atoms with E-state index in [1.165, 1.54) is 5.56 Å². The van der Waals surface area contributed by atoms with Crippen LogP contribution >= 0.6 is 11.6 Å². The van der Waals surface area contributed by atoms with E-state index in [-0.39, 0.29) is 11.9 Å². The van der Waals surface area contributed by atoms with Gasteiger partial charge in [0.25, 0.3) is 5.91 Å². The molecule has 0 spiro atoms. The van der Waals surface area contributed by atoms with E-state index < -0.39 is 0 Å². The normalized spacial score (nSPS) is 16.4. The zero-order valence-electron chi connectivity index (χ0n) is 15.8. The van der Waals surface area contributed by atoms with Crippen LogP contribution in [-0.4, -0.2) is 35.2 Å². The van der Waals surface area contributed by atoms with Gasteiger partial charge in [-0.3, -0.25) is 9.89 Å². The van der Waals surface area contributed by atoms with Crippen LogP contribution in [0.25, 0.3) is 11.3 Å². The van der Waals surface area contributed by atoms with Crippen LogP contribution in [0.15, 0.2) is 54.6 Å². The molecule has 1 saturated heterocycles. The molecule has 6 heteroatoms. The van der Waals surface area contributed by atoms with Gasteiger partial charge in [0.05, 0.1) is 5.69 Å². The van der Waals surface area contributed by atoms with Crippen molar-refractivity contribution in [3.05, 3.63) is 70.7 Å². The highest BCUT2D eigenvalue weighted by atomic mass is 35.5. The number of halogens is 1. The quantitative estimate of drug-likeness (QED) is 0.678. The Hall–Kier alpha value is -2.79. The number of carbonyl (C=O) groups is 1. The molecule has 1 fully saturated rings. The molecular weight excluding hydrogens is 372 g/mol. The lowest BCUT2D eigenvalue weighted by Gasteiger charge is -2.16. The van der Waals surface area contributed by atoms with Crippen molar-refractivity contribution in [2.24, 2.45) is 0 Å². The first-order valence-electron chi connectivity index (χ1n) is 9.58. The van der Waals surface area contributed by atoms with E-state index >= 15 is 0 Å². The second-order valence-corrected chi connectivity index (χ2v) is 7.54. The van der Waals surface area contributed by atoms with Gasteiger partial charge < -0.3 is 10.2 Å². The Balaban J connectivity index is 1.37. The maximum absolute atomic E-state index is 12.5. The summed E-state index contributed by atoms with van der Waals surface area (Å²) in [4.78, 5) is 14.7. The van der Waals surface area contributed by atoms with Gasteiger partial charge in [0.15, 0.2) is 5.82 Å². The molecule has 3 aromatic rings. The molecule has 5 nitrogen and oxygen atoms in total. The Bertz CT molecular complexity index is 949. The second-order valence-electron chi connectivity index (χ2n) is 7.10. The number of H-pyrrole nitrogens is 1. The molecule has 28 heavy (non-hydrogen) atoms. The SMILES string of the molecule is CCc1ccc(C(=O)NC2CCN(c3cc(-c4ccc(Cl)cc4)[nH]n3)C2)cc1. The Morgan fingerprint density at radius 3 is 2.68 bits per heavy atom. The van der Waals surface area contributed by atoms with Crippen molar-refractivity contribution in [3.8, 4) is 11.3 Å². The Labute approximate surface area is 169 Å². The average Bonchev–Trinajstić information content (AvgIpc) is 3.38. The fourth-order valence-electron chi connectivity index (χ4n) is 3.50. The van der Waals surface area contributed by atoms with Gasteiger partial charge in [-0.05, 0) is 48.2 Å². The molecule has 0 bridgehead atoms. The van der Waals surface area contributed by atoms with Crippen LogP contribution in [0.5, 0.6) is 0 Å². The molecule has 0 radical (unpaired) electrons. The molecule has 1 unspecified atom stereocenters. The summed E-state index contributed by atoms with van der Waals surface area (Å²) in [7, 11) is 0. The van der Waals surface area contributed by atoms with Crippen molar-refractivity contribution < 1.29 is 4.79 Å². The molecule has 4 rings (SSSR count). The van der Waals surface area contributed by atoms with Gasteiger partial charge in [-0.15, -0.1) is 0 Å². The van der Waals surface area contributed by atoms with Crippen LogP contribution in [-0.2, 0) is 6.42 Å². The molecule has 2 N–H and O–H groups in total. The highest BCUT2D eigenvalue weighted by molar-refractivity contribution is 6.30. The van der Waals surface area contributed by atoms with Crippen LogP contribution in [0.2, 0.25) is 5.02 Å². The number of nitrogens with one attached hydrogen (secondary N) is 2. The average molecular weight is 395 g/mol. The van der Waals surface area contributed by atoms with E-state index in [1.807, 2.05) is 54.6 Å². The molecule has 144 valence electrons. The number of hydrogen-bond donors (Lipinski definition) is 2. The van der Waals surface area contributed by atoms with Crippen molar-refractivity contribution in [2.45, 2.75) is 25.8 Å². The number of anilines is 1. The minimum atomic E-state index is -0.0154. The molecule has 1 amide bonds. The Morgan fingerprint density at radius 1 is 1.21 bits per heavy atom. The summed E-state index contributed by atoms with van der Waals surface area (Å²) in [6, 6.07) is 17.6. The zero-order valence-corrected chi connectivity index (χ0v) is 16.5. The van der Waals surface area contributed by atoms with Crippen molar-refractivity contribution in [1.29, 1.82) is 0 Å². The lowest BCUT2D eigenvalue weighted by molar-refractivity contribution is 0.0940. The summed E-state index contributed by atoms with van der Waals surface area (Å²) < 4.78 is 0. The molecule has 1 aliphatic heterocycles. The number of aromatic nitrogens is 2. The third-order valence-electron chi connectivity index (χ3n) is 5.19. The first-order valence-corrected chi connectivity index (χ1v) is 9.96. The molecular formula is C22H23ClN4O. The molecule has 1 atom stereocenters. The summed E-state index contributed by atoms with van der Waals surface area (Å²) in [6.07, 6.45) is 1.88. The van der Waals surface area contributed by atoms with E-state index in [4.69, 9.17) is 11.6 Å². The number of amides is 1. The lowest BCUT2D eigenvalue weighted by atomic mass is 10.1. The highest BCUT2D eigenvalue weighted by Crippen LogP contribution is 2.25. The molecule has 1 aromatic heterocycles. The van der Waals surface area contributed by atoms with Gasteiger partial charge in [-0.25, -0.2) is 0 Å². The number of rotatable bonds is 5. The number of aromatic amines is 1. The minimum Gasteiger partial charge on any atom is -0.353 e. The van der Waals surface area contributed by atoms with E-state index in [1.54, 1.807) is 0 Å². The lowest BCUT2D eigenvalue weighted by Crippen LogP contribution is -2.37. The van der Waals surface area contributed by atoms with Crippen LogP contribution in [0, 0.1) is 0 Å². The molecule has 2 aromatic carbocycles. The Kier molecular flexibility index (Phi) is 5.35. The molecule has 0 saturated carbocycles. The monoisotopic (exact) mass is 394 g/mol. The van der Waals surface area contributed by atoms with E-state index in [0.717, 1.165) is 43.0 Å². The number of nitrogens with zero attached hydrogens (tertiary/aromatic N) is 2. The molecule has 0 aliphatic carbocycles. The van der Waals surface area contributed by atoms with Crippen LogP contribution in [0.4, 0.5) is 5.82 Å². The predicted molar refractivity (Wildman–Crippen MR) is 113 cm³/mol. The number of aryl methyl sites for hydroxylation is 1. The Morgan fingerprint density at radius 2 is 1.96 bits per heavy atom. The van der Waals surface area contributed by atoms with E-state index in [2.05, 4.69) is 27.3 Å². The van der Waals surface area contributed by atoms with Crippen molar-refractivity contribution in [1.82, 2.24) is 15.5 Å². The second kappa shape index (κ2) is 8.07. The summed E-state index contributed by atoms with van der Waals surface area (Å²) in [6.45, 7) is 3.73. The van der Waals surface area contributed by atoms with E-state index in [9.17, 15) is 4.79 Å². The first-order chi connectivity index (χ1) is 13.6. The van der Waals surface area contributed by atoms with Crippen molar-refractivity contribution in [3.63, 3.8) is 0 Å². The van der Waals surface area contributed by atoms with E-state index in [0.29, 0.717) is 10.6 Å². The summed E-state index contributed by atoms with van der Waals surface area (Å²) in [5.74, 6) is 0.882. The highest BCUT2D eigenvalue weighted by Gasteiger charge is 2.26. The van der Waals surface area contributed by atoms with Crippen molar-refractivity contribution >= 4 is 23.3 Å². The standard InChI is InChI=1S/C22H23ClN4O/c1-2-15-3-5-17(6-4-15)22(28)24-19-11-12-27(14-19)21-13-20(25-26-21)16-7-9-18(23)10-8-16/h3-10,13,19H,2,11-12,14H2,1H3,(H,24,28)(H,25,26). The summed E-state index contributed by atoms with van der Waals surface area (Å²) in [5.41, 5.74) is 3.94. The van der Waals surface area contributed by atoms with Gasteiger partial charge >= 0.3 is 0 Å². The summed E-state index contributed by atoms with van der Waals surface area (Å²) in [5, 5.41) is 11.4. The number of hydrogen-bond acceptors (Lipinski definition) is 3. The third kappa shape index (κ3) is 4.04. The maximum Gasteiger partial charge on any atom is 0.251 e. The topological polar surface area (TPSA) is 61.0 Å². The van der Waals surface area contributed by atoms with Gasteiger partial charge in [-0.2, -0.15) is 5.10 Å². The minimum absolute atomic E-state index is 0.0154. The van der Waals surface area contributed by atoms with Crippen LogP contribution in [0.3, 0.4) is 0 Å². The molecule has 1 aliphatic rings. The molecule has 2 heterocycles. The predicted octanol–water partition coefficient (Wildman–Crippen LogP) is 4.30. The smallest absolute Gasteiger partial charge is 0.251 e. The van der Waals surface area contributed by atoms with Crippen molar-refractivity contribution in [2.75, 3.05) is 18.0 Å². The summed E-state index contributed by atoms with van der Waals surface area (Å²) >= 11 is 5.96. The largest absolute Gasteiger partial charge is 0.353 e. The van der Waals surface area contributed by atoms with Crippen LogP contribution in [0.1, 0.15) is 29.3 Å². The fourth-order valence-corrected chi connectivity index (χ4v) is 3.62. The van der Waals surface area contributed by atoms with Gasteiger partial charge in [0.2, 0.25) is 0 Å². The van der Waals surface area contributed by atoms with Gasteiger partial charge in [0.1, 0.15) is 0 Å². The van der Waals surface area contributed by atoms with Gasteiger partial charge in [0, 0.05) is 35.8 Å². The number of carbonyl (C=O) groups excluding carboxylic acids is 1. The zero-order chi connectivity index (χ0) is 19.5. The third-order valence-corrected chi connectivity index (χ3v) is 5.44. The van der Waals surface area contributed by atoms with Crippen LogP contribution < -0.4 is 10.2 Å². The van der Waals surface area contributed by atoms with Gasteiger partial charge in [-0.1, -0.05) is 42.8 Å². The maximum atomic E-state index is 12.5. The number of benzene rings is 2. The fraction of sp³-hybridized carbons (Fsp3) is 0.273. The first kappa shape index (κ1) is 18.6.